The smallest absolute Gasteiger partial charge is 0.307 e. The van der Waals surface area contributed by atoms with E-state index in [-0.39, 0.29) is 12.1 Å². The Hall–Kier alpha value is -2.05. The summed E-state index contributed by atoms with van der Waals surface area (Å²) in [6.45, 7) is 0. The zero-order valence-electron chi connectivity index (χ0n) is 10.7. The standard InChI is InChI=1S/C14H10ClNO4S/c15-10-2-4-11(5-3-10)21-13-6-1-9(8-14(17)18)7-12(13)16(19)20/h1-7H,8H2,(H,17,18). The third kappa shape index (κ3) is 4.21. The molecule has 2 aromatic carbocycles. The SMILES string of the molecule is O=C(O)Cc1ccc(Sc2ccc(Cl)cc2)c([N+](=O)[O-])c1. The van der Waals surface area contributed by atoms with Crippen LogP contribution in [0.15, 0.2) is 52.3 Å². The van der Waals surface area contributed by atoms with E-state index in [0.717, 1.165) is 4.90 Å². The second kappa shape index (κ2) is 6.60. The third-order valence-electron chi connectivity index (χ3n) is 2.62. The van der Waals surface area contributed by atoms with Gasteiger partial charge in [0.2, 0.25) is 0 Å². The van der Waals surface area contributed by atoms with Crippen molar-refractivity contribution in [1.29, 1.82) is 0 Å². The van der Waals surface area contributed by atoms with Gasteiger partial charge in [-0.05, 0) is 35.9 Å². The fraction of sp³-hybridized carbons (Fsp3) is 0.0714. The molecule has 0 amide bonds. The molecule has 21 heavy (non-hydrogen) atoms. The maximum Gasteiger partial charge on any atom is 0.307 e. The van der Waals surface area contributed by atoms with Gasteiger partial charge in [0.1, 0.15) is 0 Å². The lowest BCUT2D eigenvalue weighted by Gasteiger charge is -2.05. The molecule has 0 radical (unpaired) electrons. The van der Waals surface area contributed by atoms with Crippen LogP contribution in [0.1, 0.15) is 5.56 Å². The van der Waals surface area contributed by atoms with Gasteiger partial charge in [-0.25, -0.2) is 0 Å². The first-order valence-corrected chi connectivity index (χ1v) is 7.07. The van der Waals surface area contributed by atoms with E-state index < -0.39 is 10.9 Å². The number of nitro benzene ring substituents is 1. The molecular formula is C14H10ClNO4S. The number of carbonyl (C=O) groups is 1. The predicted molar refractivity (Wildman–Crippen MR) is 80.0 cm³/mol. The van der Waals surface area contributed by atoms with Crippen molar-refractivity contribution in [3.8, 4) is 0 Å². The van der Waals surface area contributed by atoms with Gasteiger partial charge in [-0.3, -0.25) is 14.9 Å². The summed E-state index contributed by atoms with van der Waals surface area (Å²) in [4.78, 5) is 22.6. The number of nitrogens with zero attached hydrogens (tertiary/aromatic N) is 1. The van der Waals surface area contributed by atoms with Gasteiger partial charge in [0.15, 0.2) is 0 Å². The highest BCUT2D eigenvalue weighted by Gasteiger charge is 2.16. The van der Waals surface area contributed by atoms with Crippen molar-refractivity contribution in [2.24, 2.45) is 0 Å². The van der Waals surface area contributed by atoms with Crippen LogP contribution in [-0.4, -0.2) is 16.0 Å². The lowest BCUT2D eigenvalue weighted by molar-refractivity contribution is -0.387. The molecule has 0 fully saturated rings. The quantitative estimate of drug-likeness (QED) is 0.663. The monoisotopic (exact) mass is 323 g/mol. The van der Waals surface area contributed by atoms with E-state index in [4.69, 9.17) is 16.7 Å². The molecule has 0 heterocycles. The summed E-state index contributed by atoms with van der Waals surface area (Å²) >= 11 is 7.02. The highest BCUT2D eigenvalue weighted by atomic mass is 35.5. The summed E-state index contributed by atoms with van der Waals surface area (Å²) in [6.07, 6.45) is -0.243. The Kier molecular flexibility index (Phi) is 4.82. The second-order valence-corrected chi connectivity index (χ2v) is 5.74. The van der Waals surface area contributed by atoms with Crippen LogP contribution in [0.5, 0.6) is 0 Å². The largest absolute Gasteiger partial charge is 0.481 e. The maximum absolute atomic E-state index is 11.1. The summed E-state index contributed by atoms with van der Waals surface area (Å²) < 4.78 is 0. The molecule has 1 N–H and O–H groups in total. The molecule has 7 heteroatoms. The van der Waals surface area contributed by atoms with Crippen LogP contribution in [0.25, 0.3) is 0 Å². The molecule has 2 rings (SSSR count). The van der Waals surface area contributed by atoms with E-state index in [0.29, 0.717) is 15.5 Å². The molecule has 0 atom stereocenters. The normalized spacial score (nSPS) is 10.3. The minimum Gasteiger partial charge on any atom is -0.481 e. The molecule has 0 spiro atoms. The highest BCUT2D eigenvalue weighted by molar-refractivity contribution is 7.99. The van der Waals surface area contributed by atoms with Crippen LogP contribution >= 0.6 is 23.4 Å². The molecule has 0 aliphatic heterocycles. The van der Waals surface area contributed by atoms with Crippen molar-refractivity contribution in [2.75, 3.05) is 0 Å². The van der Waals surface area contributed by atoms with Gasteiger partial charge in [-0.1, -0.05) is 29.4 Å². The molecule has 0 aliphatic rings. The van der Waals surface area contributed by atoms with Gasteiger partial charge in [0.25, 0.3) is 5.69 Å². The second-order valence-electron chi connectivity index (χ2n) is 4.19. The maximum atomic E-state index is 11.1. The van der Waals surface area contributed by atoms with E-state index in [1.165, 1.54) is 17.8 Å². The Morgan fingerprint density at radius 2 is 1.90 bits per heavy atom. The summed E-state index contributed by atoms with van der Waals surface area (Å²) in [6, 6.07) is 11.4. The fourth-order valence-electron chi connectivity index (χ4n) is 1.71. The average molecular weight is 324 g/mol. The molecule has 0 aliphatic carbocycles. The Balaban J connectivity index is 2.32. The van der Waals surface area contributed by atoms with Crippen LogP contribution < -0.4 is 0 Å². The zero-order chi connectivity index (χ0) is 15.4. The van der Waals surface area contributed by atoms with Gasteiger partial charge in [0, 0.05) is 16.0 Å². The van der Waals surface area contributed by atoms with Crippen molar-refractivity contribution in [2.45, 2.75) is 16.2 Å². The van der Waals surface area contributed by atoms with Crippen LogP contribution in [0.4, 0.5) is 5.69 Å². The Labute approximate surface area is 129 Å². The summed E-state index contributed by atoms with van der Waals surface area (Å²) in [7, 11) is 0. The number of carboxylic acids is 1. The molecule has 0 saturated heterocycles. The minimum absolute atomic E-state index is 0.103. The minimum atomic E-state index is -1.03. The van der Waals surface area contributed by atoms with Crippen molar-refractivity contribution in [3.05, 3.63) is 63.2 Å². The van der Waals surface area contributed by atoms with Crippen molar-refractivity contribution >= 4 is 35.0 Å². The highest BCUT2D eigenvalue weighted by Crippen LogP contribution is 2.35. The number of hydrogen-bond donors (Lipinski definition) is 1. The Bertz CT molecular complexity index is 688. The number of carboxylic acid groups (broad SMARTS) is 1. The molecule has 0 saturated carbocycles. The first kappa shape index (κ1) is 15.3. The molecule has 0 aromatic heterocycles. The molecule has 5 nitrogen and oxygen atoms in total. The van der Waals surface area contributed by atoms with E-state index in [1.807, 2.05) is 0 Å². The lowest BCUT2D eigenvalue weighted by atomic mass is 10.1. The zero-order valence-corrected chi connectivity index (χ0v) is 12.2. The third-order valence-corrected chi connectivity index (χ3v) is 3.94. The van der Waals surface area contributed by atoms with E-state index in [1.54, 1.807) is 36.4 Å². The lowest BCUT2D eigenvalue weighted by Crippen LogP contribution is -2.01. The summed E-state index contributed by atoms with van der Waals surface area (Å²) in [5.74, 6) is -1.03. The van der Waals surface area contributed by atoms with Crippen molar-refractivity contribution in [1.82, 2.24) is 0 Å². The average Bonchev–Trinajstić information content (AvgIpc) is 2.42. The van der Waals surface area contributed by atoms with Gasteiger partial charge >= 0.3 is 5.97 Å². The number of hydrogen-bond acceptors (Lipinski definition) is 4. The van der Waals surface area contributed by atoms with Crippen LogP contribution in [0.2, 0.25) is 5.02 Å². The van der Waals surface area contributed by atoms with Crippen LogP contribution in [0, 0.1) is 10.1 Å². The predicted octanol–water partition coefficient (Wildman–Crippen LogP) is 4.03. The number of benzene rings is 2. The molecular weight excluding hydrogens is 314 g/mol. The summed E-state index contributed by atoms with van der Waals surface area (Å²) in [5.41, 5.74) is 0.295. The van der Waals surface area contributed by atoms with E-state index in [2.05, 4.69) is 0 Å². The molecule has 0 bridgehead atoms. The van der Waals surface area contributed by atoms with E-state index >= 15 is 0 Å². The fourth-order valence-corrected chi connectivity index (χ4v) is 2.73. The molecule has 108 valence electrons. The van der Waals surface area contributed by atoms with Gasteiger partial charge in [-0.2, -0.15) is 0 Å². The molecule has 2 aromatic rings. The number of aliphatic carboxylic acids is 1. The van der Waals surface area contributed by atoms with Gasteiger partial charge in [0.05, 0.1) is 16.2 Å². The topological polar surface area (TPSA) is 80.4 Å². The number of rotatable bonds is 5. The first-order chi connectivity index (χ1) is 9.95. The number of nitro groups is 1. The van der Waals surface area contributed by atoms with Gasteiger partial charge in [-0.15, -0.1) is 0 Å². The van der Waals surface area contributed by atoms with Gasteiger partial charge < -0.3 is 5.11 Å². The Morgan fingerprint density at radius 1 is 1.24 bits per heavy atom. The Morgan fingerprint density at radius 3 is 2.48 bits per heavy atom. The molecule has 0 unspecified atom stereocenters. The van der Waals surface area contributed by atoms with Crippen LogP contribution in [-0.2, 0) is 11.2 Å². The summed E-state index contributed by atoms with van der Waals surface area (Å²) in [5, 5.41) is 20.5. The van der Waals surface area contributed by atoms with Crippen molar-refractivity contribution in [3.63, 3.8) is 0 Å². The first-order valence-electron chi connectivity index (χ1n) is 5.88. The van der Waals surface area contributed by atoms with E-state index in [9.17, 15) is 14.9 Å². The van der Waals surface area contributed by atoms with Crippen LogP contribution in [0.3, 0.4) is 0 Å². The van der Waals surface area contributed by atoms with Crippen molar-refractivity contribution < 1.29 is 14.8 Å². The number of halogens is 1.